The second-order valence-electron chi connectivity index (χ2n) is 5.47. The van der Waals surface area contributed by atoms with Gasteiger partial charge in [-0.25, -0.2) is 0 Å². The van der Waals surface area contributed by atoms with Crippen LogP contribution in [-0.2, 0) is 4.79 Å². The molecule has 0 aliphatic carbocycles. The Morgan fingerprint density at radius 2 is 2.16 bits per heavy atom. The van der Waals surface area contributed by atoms with Gasteiger partial charge < -0.3 is 10.4 Å². The number of nitrogens with zero attached hydrogens (tertiary/aromatic N) is 1. The maximum Gasteiger partial charge on any atom is 0.305 e. The van der Waals surface area contributed by atoms with E-state index in [0.717, 1.165) is 5.69 Å². The summed E-state index contributed by atoms with van der Waals surface area (Å²) < 4.78 is 0.697. The molecule has 0 radical (unpaired) electrons. The van der Waals surface area contributed by atoms with Crippen LogP contribution in [0.15, 0.2) is 22.7 Å². The van der Waals surface area contributed by atoms with Crippen LogP contribution in [-0.4, -0.2) is 17.1 Å². The van der Waals surface area contributed by atoms with Gasteiger partial charge in [-0.3, -0.25) is 4.79 Å². The average Bonchev–Trinajstić information content (AvgIpc) is 2.26. The molecule has 1 atom stereocenters. The quantitative estimate of drug-likeness (QED) is 0.887. The van der Waals surface area contributed by atoms with Crippen molar-refractivity contribution in [1.29, 1.82) is 5.26 Å². The number of nitrogens with one attached hydrogen (secondary N) is 1. The van der Waals surface area contributed by atoms with Crippen molar-refractivity contribution in [2.24, 2.45) is 5.41 Å². The molecule has 5 heteroatoms. The highest BCUT2D eigenvalue weighted by Crippen LogP contribution is 2.28. The van der Waals surface area contributed by atoms with Crippen LogP contribution in [0.2, 0.25) is 0 Å². The summed E-state index contributed by atoms with van der Waals surface area (Å²) in [6.07, 6.45) is 0.0428. The van der Waals surface area contributed by atoms with Crippen molar-refractivity contribution in [2.45, 2.75) is 33.2 Å². The number of hydrogen-bond donors (Lipinski definition) is 2. The Bertz CT molecular complexity index is 515. The van der Waals surface area contributed by atoms with E-state index in [4.69, 9.17) is 10.4 Å². The summed E-state index contributed by atoms with van der Waals surface area (Å²) in [7, 11) is 0. The molecule has 0 bridgehead atoms. The van der Waals surface area contributed by atoms with Crippen molar-refractivity contribution in [3.05, 3.63) is 28.2 Å². The largest absolute Gasteiger partial charge is 0.481 e. The first-order valence-corrected chi connectivity index (χ1v) is 6.71. The van der Waals surface area contributed by atoms with Gasteiger partial charge in [0.1, 0.15) is 6.07 Å². The van der Waals surface area contributed by atoms with Crippen LogP contribution in [0.1, 0.15) is 32.8 Å². The highest BCUT2D eigenvalue weighted by molar-refractivity contribution is 9.10. The van der Waals surface area contributed by atoms with E-state index in [9.17, 15) is 4.79 Å². The molecular weight excluding hydrogens is 308 g/mol. The molecule has 0 heterocycles. The molecule has 1 aromatic rings. The maximum absolute atomic E-state index is 10.9. The van der Waals surface area contributed by atoms with E-state index in [1.54, 1.807) is 18.2 Å². The number of nitriles is 1. The van der Waals surface area contributed by atoms with E-state index in [-0.39, 0.29) is 17.9 Å². The zero-order valence-corrected chi connectivity index (χ0v) is 12.8. The molecule has 0 fully saturated rings. The standard InChI is InChI=1S/C14H17BrN2O2/c1-14(2,3)12(7-13(18)19)17-10-5-4-9(8-16)11(15)6-10/h4-6,12,17H,7H2,1-3H3,(H,18,19). The normalized spacial score (nSPS) is 12.6. The van der Waals surface area contributed by atoms with Crippen LogP contribution in [0, 0.1) is 16.7 Å². The van der Waals surface area contributed by atoms with Crippen LogP contribution >= 0.6 is 15.9 Å². The minimum atomic E-state index is -0.833. The fourth-order valence-electron chi connectivity index (χ4n) is 1.65. The van der Waals surface area contributed by atoms with Gasteiger partial charge in [0.05, 0.1) is 12.0 Å². The second-order valence-corrected chi connectivity index (χ2v) is 6.32. The van der Waals surface area contributed by atoms with Crippen molar-refractivity contribution in [1.82, 2.24) is 0 Å². The van der Waals surface area contributed by atoms with Crippen LogP contribution in [0.5, 0.6) is 0 Å². The Kier molecular flexibility index (Phi) is 4.96. The number of aliphatic carboxylic acids is 1. The molecule has 0 amide bonds. The molecule has 1 aromatic carbocycles. The molecular formula is C14H17BrN2O2. The minimum Gasteiger partial charge on any atom is -0.481 e. The van der Waals surface area contributed by atoms with Crippen molar-refractivity contribution in [2.75, 3.05) is 5.32 Å². The van der Waals surface area contributed by atoms with Crippen LogP contribution in [0.3, 0.4) is 0 Å². The Hall–Kier alpha value is -1.54. The number of anilines is 1. The molecule has 19 heavy (non-hydrogen) atoms. The highest BCUT2D eigenvalue weighted by atomic mass is 79.9. The molecule has 2 N–H and O–H groups in total. The van der Waals surface area contributed by atoms with Crippen LogP contribution in [0.25, 0.3) is 0 Å². The number of carboxylic acid groups (broad SMARTS) is 1. The predicted molar refractivity (Wildman–Crippen MR) is 78.0 cm³/mol. The van der Waals surface area contributed by atoms with Gasteiger partial charge in [0.2, 0.25) is 0 Å². The average molecular weight is 325 g/mol. The van der Waals surface area contributed by atoms with Crippen molar-refractivity contribution >= 4 is 27.6 Å². The summed E-state index contributed by atoms with van der Waals surface area (Å²) in [6, 6.07) is 7.15. The van der Waals surface area contributed by atoms with Crippen molar-refractivity contribution < 1.29 is 9.90 Å². The molecule has 1 unspecified atom stereocenters. The number of carboxylic acids is 1. The Labute approximate surface area is 121 Å². The fourth-order valence-corrected chi connectivity index (χ4v) is 2.11. The maximum atomic E-state index is 10.9. The summed E-state index contributed by atoms with van der Waals surface area (Å²) in [5.41, 5.74) is 1.17. The molecule has 0 aliphatic rings. The van der Waals surface area contributed by atoms with Crippen LogP contribution < -0.4 is 5.32 Å². The number of carbonyl (C=O) groups is 1. The van der Waals surface area contributed by atoms with Gasteiger partial charge in [-0.05, 0) is 39.5 Å². The highest BCUT2D eigenvalue weighted by Gasteiger charge is 2.26. The first-order valence-electron chi connectivity index (χ1n) is 5.92. The molecule has 0 aliphatic heterocycles. The van der Waals surface area contributed by atoms with Gasteiger partial charge in [-0.1, -0.05) is 20.8 Å². The SMILES string of the molecule is CC(C)(C)C(CC(=O)O)Nc1ccc(C#N)c(Br)c1. The second kappa shape index (κ2) is 6.07. The van der Waals surface area contributed by atoms with Gasteiger partial charge in [0.15, 0.2) is 0 Å². The van der Waals surface area contributed by atoms with E-state index in [1.165, 1.54) is 0 Å². The molecule has 0 aromatic heterocycles. The van der Waals surface area contributed by atoms with E-state index in [1.807, 2.05) is 20.8 Å². The summed E-state index contributed by atoms with van der Waals surface area (Å²) in [5, 5.41) is 21.1. The third-order valence-corrected chi connectivity index (χ3v) is 3.51. The molecule has 4 nitrogen and oxygen atoms in total. The fraction of sp³-hybridized carbons (Fsp3) is 0.429. The minimum absolute atomic E-state index is 0.0428. The third-order valence-electron chi connectivity index (χ3n) is 2.85. The number of halogens is 1. The third kappa shape index (κ3) is 4.56. The number of hydrogen-bond acceptors (Lipinski definition) is 3. The molecule has 0 saturated heterocycles. The van der Waals surface area contributed by atoms with E-state index in [0.29, 0.717) is 10.0 Å². The molecule has 0 saturated carbocycles. The zero-order chi connectivity index (χ0) is 14.6. The molecule has 1 rings (SSSR count). The Morgan fingerprint density at radius 3 is 2.58 bits per heavy atom. The van der Waals surface area contributed by atoms with Crippen LogP contribution in [0.4, 0.5) is 5.69 Å². The topological polar surface area (TPSA) is 73.1 Å². The lowest BCUT2D eigenvalue weighted by atomic mass is 9.84. The monoisotopic (exact) mass is 324 g/mol. The first kappa shape index (κ1) is 15.5. The van der Waals surface area contributed by atoms with Gasteiger partial charge in [-0.2, -0.15) is 5.26 Å². The van der Waals surface area contributed by atoms with Gasteiger partial charge in [0, 0.05) is 16.2 Å². The summed E-state index contributed by atoms with van der Waals surface area (Å²) in [5.74, 6) is -0.833. The van der Waals surface area contributed by atoms with Crippen molar-refractivity contribution in [3.8, 4) is 6.07 Å². The lowest BCUT2D eigenvalue weighted by Gasteiger charge is -2.31. The Balaban J connectivity index is 2.94. The summed E-state index contributed by atoms with van der Waals surface area (Å²) >= 11 is 3.32. The molecule has 102 valence electrons. The van der Waals surface area contributed by atoms with E-state index in [2.05, 4.69) is 27.3 Å². The predicted octanol–water partition coefficient (Wildman–Crippen LogP) is 3.62. The molecule has 0 spiro atoms. The van der Waals surface area contributed by atoms with Gasteiger partial charge in [-0.15, -0.1) is 0 Å². The van der Waals surface area contributed by atoms with E-state index >= 15 is 0 Å². The summed E-state index contributed by atoms with van der Waals surface area (Å²) in [4.78, 5) is 10.9. The number of rotatable bonds is 4. The summed E-state index contributed by atoms with van der Waals surface area (Å²) in [6.45, 7) is 5.98. The first-order chi connectivity index (χ1) is 8.74. The lowest BCUT2D eigenvalue weighted by molar-refractivity contribution is -0.137. The number of benzene rings is 1. The van der Waals surface area contributed by atoms with E-state index < -0.39 is 5.97 Å². The smallest absolute Gasteiger partial charge is 0.305 e. The lowest BCUT2D eigenvalue weighted by Crippen LogP contribution is -2.36. The Morgan fingerprint density at radius 1 is 1.53 bits per heavy atom. The zero-order valence-electron chi connectivity index (χ0n) is 11.2. The van der Waals surface area contributed by atoms with Gasteiger partial charge >= 0.3 is 5.97 Å². The van der Waals surface area contributed by atoms with Gasteiger partial charge in [0.25, 0.3) is 0 Å². The van der Waals surface area contributed by atoms with Crippen molar-refractivity contribution in [3.63, 3.8) is 0 Å².